The predicted octanol–water partition coefficient (Wildman–Crippen LogP) is 4.86. The van der Waals surface area contributed by atoms with Crippen LogP contribution in [-0.4, -0.2) is 38.9 Å². The Balaban J connectivity index is 1.72. The summed E-state index contributed by atoms with van der Waals surface area (Å²) in [6, 6.07) is 13.6. The van der Waals surface area contributed by atoms with E-state index >= 15 is 0 Å². The molecular weight excluding hydrogens is 394 g/mol. The summed E-state index contributed by atoms with van der Waals surface area (Å²) in [5.41, 5.74) is 2.64. The number of nitrogens with zero attached hydrogens (tertiary/aromatic N) is 4. The van der Waals surface area contributed by atoms with Crippen molar-refractivity contribution >= 4 is 16.5 Å². The number of hydrogen-bond acceptors (Lipinski definition) is 6. The lowest BCUT2D eigenvalue weighted by Crippen LogP contribution is -2.41. The first-order valence-corrected chi connectivity index (χ1v) is 11.5. The molecule has 0 bridgehead atoms. The third-order valence-corrected chi connectivity index (χ3v) is 6.50. The summed E-state index contributed by atoms with van der Waals surface area (Å²) in [6.07, 6.45) is 4.06. The molecular formula is C23H29N5OS. The van der Waals surface area contributed by atoms with Crippen molar-refractivity contribution in [3.63, 3.8) is 0 Å². The van der Waals surface area contributed by atoms with Crippen molar-refractivity contribution in [2.24, 2.45) is 0 Å². The average Bonchev–Trinajstić information content (AvgIpc) is 3.19. The van der Waals surface area contributed by atoms with Gasteiger partial charge in [-0.3, -0.25) is 9.69 Å². The van der Waals surface area contributed by atoms with Gasteiger partial charge in [0.15, 0.2) is 5.13 Å². The highest BCUT2D eigenvalue weighted by Crippen LogP contribution is 2.38. The van der Waals surface area contributed by atoms with Crippen LogP contribution in [0.5, 0.6) is 0 Å². The van der Waals surface area contributed by atoms with Gasteiger partial charge in [-0.25, -0.2) is 9.67 Å². The topological polar surface area (TPSA) is 63.1 Å². The molecule has 4 rings (SSSR count). The van der Waals surface area contributed by atoms with E-state index in [1.54, 1.807) is 23.5 Å². The quantitative estimate of drug-likeness (QED) is 0.613. The minimum Gasteiger partial charge on any atom is -0.346 e. The van der Waals surface area contributed by atoms with Gasteiger partial charge in [-0.05, 0) is 39.7 Å². The molecule has 1 atom stereocenters. The number of anilines is 1. The molecule has 7 heteroatoms. The third kappa shape index (κ3) is 4.47. The molecule has 1 aromatic carbocycles. The van der Waals surface area contributed by atoms with Gasteiger partial charge in [-0.1, -0.05) is 48.1 Å². The molecule has 158 valence electrons. The minimum atomic E-state index is -0.0865. The molecule has 3 heterocycles. The maximum absolute atomic E-state index is 12.2. The Hall–Kier alpha value is -2.51. The van der Waals surface area contributed by atoms with E-state index in [2.05, 4.69) is 34.4 Å². The van der Waals surface area contributed by atoms with Gasteiger partial charge in [0.2, 0.25) is 0 Å². The smallest absolute Gasteiger partial charge is 0.267 e. The van der Waals surface area contributed by atoms with Gasteiger partial charge in [-0.2, -0.15) is 5.10 Å². The van der Waals surface area contributed by atoms with Gasteiger partial charge < -0.3 is 5.32 Å². The van der Waals surface area contributed by atoms with E-state index < -0.39 is 0 Å². The molecule has 1 N–H and O–H groups in total. The van der Waals surface area contributed by atoms with Crippen LogP contribution in [0.25, 0.3) is 21.8 Å². The first-order valence-electron chi connectivity index (χ1n) is 10.7. The predicted molar refractivity (Wildman–Crippen MR) is 124 cm³/mol. The zero-order valence-corrected chi connectivity index (χ0v) is 18.7. The molecule has 1 aliphatic rings. The maximum atomic E-state index is 12.2. The number of hydrogen-bond donors (Lipinski definition) is 1. The number of aromatic nitrogens is 3. The van der Waals surface area contributed by atoms with E-state index in [-0.39, 0.29) is 17.8 Å². The summed E-state index contributed by atoms with van der Waals surface area (Å²) in [7, 11) is 0. The Kier molecular flexibility index (Phi) is 6.29. The Morgan fingerprint density at radius 2 is 1.73 bits per heavy atom. The van der Waals surface area contributed by atoms with Crippen molar-refractivity contribution in [1.82, 2.24) is 19.7 Å². The fraction of sp³-hybridized carbons (Fsp3) is 0.435. The van der Waals surface area contributed by atoms with Crippen LogP contribution in [0, 0.1) is 0 Å². The fourth-order valence-electron chi connectivity index (χ4n) is 3.84. The molecule has 30 heavy (non-hydrogen) atoms. The Bertz CT molecular complexity index is 1040. The monoisotopic (exact) mass is 423 g/mol. The molecule has 0 saturated carbocycles. The normalized spacial score (nSPS) is 16.0. The molecule has 0 aliphatic carbocycles. The zero-order chi connectivity index (χ0) is 21.1. The minimum absolute atomic E-state index is 0.00210. The number of nitrogens with one attached hydrogen (secondary N) is 1. The Morgan fingerprint density at radius 1 is 1.00 bits per heavy atom. The van der Waals surface area contributed by atoms with Gasteiger partial charge in [0.05, 0.1) is 22.8 Å². The van der Waals surface area contributed by atoms with E-state index in [1.165, 1.54) is 23.9 Å². The summed E-state index contributed by atoms with van der Waals surface area (Å²) >= 11 is 1.60. The van der Waals surface area contributed by atoms with Gasteiger partial charge >= 0.3 is 0 Å². The number of likely N-dealkylation sites (tertiary alicyclic amines) is 1. The van der Waals surface area contributed by atoms with E-state index in [9.17, 15) is 4.79 Å². The molecule has 1 unspecified atom stereocenters. The van der Waals surface area contributed by atoms with Gasteiger partial charge in [0, 0.05) is 24.7 Å². The van der Waals surface area contributed by atoms with Gasteiger partial charge in [0.1, 0.15) is 5.69 Å². The van der Waals surface area contributed by atoms with Crippen molar-refractivity contribution in [3.05, 3.63) is 52.8 Å². The van der Waals surface area contributed by atoms with Crippen molar-refractivity contribution in [2.75, 3.05) is 18.4 Å². The lowest BCUT2D eigenvalue weighted by atomic mass is 10.1. The second-order valence-corrected chi connectivity index (χ2v) is 9.07. The lowest BCUT2D eigenvalue weighted by Gasteiger charge is -2.32. The Morgan fingerprint density at radius 3 is 2.43 bits per heavy atom. The standard InChI is InChI=1S/C23H29N5OS/c1-16(2)28-20(29)13-12-19(26-28)22-21(18-10-6-4-7-11-18)25-23(30-22)24-17(3)27-14-8-5-9-15-27/h4,6-7,10-13,16-17H,5,8-9,14-15H2,1-3H3,(H,24,25). The second kappa shape index (κ2) is 9.10. The van der Waals surface area contributed by atoms with Crippen LogP contribution in [0.3, 0.4) is 0 Å². The van der Waals surface area contributed by atoms with Crippen LogP contribution >= 0.6 is 11.3 Å². The molecule has 1 aliphatic heterocycles. The molecule has 3 aromatic rings. The summed E-state index contributed by atoms with van der Waals surface area (Å²) in [5.74, 6) is 0. The van der Waals surface area contributed by atoms with Crippen molar-refractivity contribution in [2.45, 2.75) is 52.2 Å². The van der Waals surface area contributed by atoms with Gasteiger partial charge in [-0.15, -0.1) is 0 Å². The van der Waals surface area contributed by atoms with Crippen molar-refractivity contribution in [3.8, 4) is 21.8 Å². The third-order valence-electron chi connectivity index (χ3n) is 5.49. The van der Waals surface area contributed by atoms with Crippen LogP contribution in [0.1, 0.15) is 46.1 Å². The summed E-state index contributed by atoms with van der Waals surface area (Å²) < 4.78 is 1.54. The molecule has 0 radical (unpaired) electrons. The number of piperidine rings is 1. The van der Waals surface area contributed by atoms with Crippen molar-refractivity contribution in [1.29, 1.82) is 0 Å². The highest BCUT2D eigenvalue weighted by Gasteiger charge is 2.21. The summed E-state index contributed by atoms with van der Waals surface area (Å²) in [4.78, 5) is 20.6. The zero-order valence-electron chi connectivity index (χ0n) is 17.8. The molecule has 1 fully saturated rings. The van der Waals surface area contributed by atoms with Gasteiger partial charge in [0.25, 0.3) is 5.56 Å². The van der Waals surface area contributed by atoms with E-state index in [4.69, 9.17) is 4.98 Å². The fourth-order valence-corrected chi connectivity index (χ4v) is 4.87. The largest absolute Gasteiger partial charge is 0.346 e. The first kappa shape index (κ1) is 20.8. The molecule has 6 nitrogen and oxygen atoms in total. The van der Waals surface area contributed by atoms with Crippen molar-refractivity contribution < 1.29 is 0 Å². The summed E-state index contributed by atoms with van der Waals surface area (Å²) in [6.45, 7) is 8.38. The molecule has 1 saturated heterocycles. The molecule has 0 spiro atoms. The first-order chi connectivity index (χ1) is 14.5. The maximum Gasteiger partial charge on any atom is 0.267 e. The van der Waals surface area contributed by atoms with Crippen LogP contribution in [0.4, 0.5) is 5.13 Å². The number of rotatable bonds is 6. The van der Waals surface area contributed by atoms with Crippen LogP contribution in [0.15, 0.2) is 47.3 Å². The summed E-state index contributed by atoms with van der Waals surface area (Å²) in [5, 5.41) is 9.13. The second-order valence-electron chi connectivity index (χ2n) is 8.07. The van der Waals surface area contributed by atoms with E-state index in [0.717, 1.165) is 40.0 Å². The highest BCUT2D eigenvalue weighted by atomic mass is 32.1. The lowest BCUT2D eigenvalue weighted by molar-refractivity contribution is 0.190. The number of benzene rings is 1. The van der Waals surface area contributed by atoms with E-state index in [0.29, 0.717) is 0 Å². The number of thiazole rings is 1. The highest BCUT2D eigenvalue weighted by molar-refractivity contribution is 7.19. The molecule has 2 aromatic heterocycles. The van der Waals surface area contributed by atoms with E-state index in [1.807, 2.05) is 32.0 Å². The van der Waals surface area contributed by atoms with Crippen LogP contribution < -0.4 is 10.9 Å². The SMILES string of the molecule is CC(Nc1nc(-c2ccccc2)c(-c2ccc(=O)n(C(C)C)n2)s1)N1CCCCC1. The Labute approximate surface area is 181 Å². The van der Waals surface area contributed by atoms with Crippen LogP contribution in [0.2, 0.25) is 0 Å². The van der Waals surface area contributed by atoms with Crippen LogP contribution in [-0.2, 0) is 0 Å². The average molecular weight is 424 g/mol. The molecule has 0 amide bonds.